The van der Waals surface area contributed by atoms with Gasteiger partial charge in [-0.05, 0) is 18.1 Å². The summed E-state index contributed by atoms with van der Waals surface area (Å²) in [6, 6.07) is 9.04. The van der Waals surface area contributed by atoms with Crippen molar-refractivity contribution in [2.24, 2.45) is 0 Å². The lowest BCUT2D eigenvalue weighted by molar-refractivity contribution is -0.132. The molecule has 23 heavy (non-hydrogen) atoms. The van der Waals surface area contributed by atoms with E-state index in [0.29, 0.717) is 6.42 Å². The number of nitrogens with zero attached hydrogens (tertiary/aromatic N) is 1. The molecule has 1 N–H and O–H groups in total. The fourth-order valence-corrected chi connectivity index (χ4v) is 4.14. The second kappa shape index (κ2) is 7.41. The van der Waals surface area contributed by atoms with Crippen LogP contribution in [0.5, 0.6) is 0 Å². The number of carbonyl (C=O) groups excluding carboxylic acids is 2. The molecule has 1 atom stereocenters. The van der Waals surface area contributed by atoms with Crippen LogP contribution in [0, 0.1) is 0 Å². The number of likely N-dealkylation sites (N-methyl/N-ethyl adjacent to an activating group) is 1. The minimum absolute atomic E-state index is 0.00288. The largest absolute Gasteiger partial charge is 0.343 e. The number of benzene rings is 1. The first-order valence-electron chi connectivity index (χ1n) is 7.34. The van der Waals surface area contributed by atoms with Crippen LogP contribution < -0.4 is 5.32 Å². The van der Waals surface area contributed by atoms with Crippen molar-refractivity contribution in [2.75, 3.05) is 25.1 Å². The number of nitrogens with one attached hydrogen (secondary N) is 1. The van der Waals surface area contributed by atoms with Gasteiger partial charge in [-0.2, -0.15) is 0 Å². The van der Waals surface area contributed by atoms with Crippen molar-refractivity contribution in [2.45, 2.75) is 12.5 Å². The molecule has 0 bridgehead atoms. The average Bonchev–Trinajstić information content (AvgIpc) is 2.90. The van der Waals surface area contributed by atoms with E-state index in [0.717, 1.165) is 5.56 Å². The van der Waals surface area contributed by atoms with Crippen molar-refractivity contribution < 1.29 is 18.0 Å². The molecule has 0 radical (unpaired) electrons. The summed E-state index contributed by atoms with van der Waals surface area (Å²) in [6.07, 6.45) is 3.47. The number of sulfone groups is 1. The van der Waals surface area contributed by atoms with E-state index in [1.54, 1.807) is 13.1 Å². The smallest absolute Gasteiger partial charge is 0.244 e. The van der Waals surface area contributed by atoms with Gasteiger partial charge in [-0.25, -0.2) is 8.42 Å². The highest BCUT2D eigenvalue weighted by atomic mass is 32.2. The molecule has 1 aromatic rings. The maximum Gasteiger partial charge on any atom is 0.244 e. The van der Waals surface area contributed by atoms with Crippen LogP contribution in [-0.4, -0.2) is 56.3 Å². The van der Waals surface area contributed by atoms with Gasteiger partial charge in [0.15, 0.2) is 9.84 Å². The summed E-state index contributed by atoms with van der Waals surface area (Å²) in [4.78, 5) is 25.1. The molecule has 0 aliphatic carbocycles. The van der Waals surface area contributed by atoms with Crippen LogP contribution in [-0.2, 0) is 19.4 Å². The highest BCUT2D eigenvalue weighted by Crippen LogP contribution is 2.16. The van der Waals surface area contributed by atoms with Crippen LogP contribution in [0.15, 0.2) is 36.4 Å². The standard InChI is InChI=1S/C16H20N2O4S/c1-18(14-9-10-23(21,22)12-14)16(20)11-17-15(19)8-7-13-5-3-2-4-6-13/h2-8,14H,9-12H2,1H3,(H,17,19)/b8-7+. The minimum atomic E-state index is -3.04. The van der Waals surface area contributed by atoms with E-state index in [4.69, 9.17) is 0 Å². The van der Waals surface area contributed by atoms with Crippen LogP contribution in [0.1, 0.15) is 12.0 Å². The predicted octanol–water partition coefficient (Wildman–Crippen LogP) is 0.461. The van der Waals surface area contributed by atoms with Crippen LogP contribution in [0.25, 0.3) is 6.08 Å². The van der Waals surface area contributed by atoms with Crippen molar-refractivity contribution in [1.82, 2.24) is 10.2 Å². The Morgan fingerprint density at radius 3 is 2.61 bits per heavy atom. The summed E-state index contributed by atoms with van der Waals surface area (Å²) in [6.45, 7) is -0.148. The fourth-order valence-electron chi connectivity index (χ4n) is 2.37. The number of hydrogen-bond donors (Lipinski definition) is 1. The number of carbonyl (C=O) groups is 2. The zero-order chi connectivity index (χ0) is 16.9. The van der Waals surface area contributed by atoms with Gasteiger partial charge in [0.25, 0.3) is 0 Å². The van der Waals surface area contributed by atoms with E-state index in [1.165, 1.54) is 11.0 Å². The summed E-state index contributed by atoms with van der Waals surface area (Å²) in [7, 11) is -1.47. The van der Waals surface area contributed by atoms with Crippen molar-refractivity contribution >= 4 is 27.7 Å². The monoisotopic (exact) mass is 336 g/mol. The number of amides is 2. The molecule has 2 amide bonds. The quantitative estimate of drug-likeness (QED) is 0.792. The summed E-state index contributed by atoms with van der Waals surface area (Å²) < 4.78 is 22.9. The Morgan fingerprint density at radius 1 is 1.30 bits per heavy atom. The molecule has 1 aliphatic rings. The normalized spacial score (nSPS) is 19.6. The first-order chi connectivity index (χ1) is 10.9. The van der Waals surface area contributed by atoms with E-state index in [2.05, 4.69) is 5.32 Å². The van der Waals surface area contributed by atoms with Crippen molar-refractivity contribution in [1.29, 1.82) is 0 Å². The highest BCUT2D eigenvalue weighted by Gasteiger charge is 2.32. The maximum absolute atomic E-state index is 12.0. The third kappa shape index (κ3) is 5.21. The fraction of sp³-hybridized carbons (Fsp3) is 0.375. The summed E-state index contributed by atoms with van der Waals surface area (Å²) in [5.74, 6) is -0.554. The maximum atomic E-state index is 12.0. The van der Waals surface area contributed by atoms with Crippen molar-refractivity contribution in [3.8, 4) is 0 Å². The zero-order valence-electron chi connectivity index (χ0n) is 12.9. The van der Waals surface area contributed by atoms with Gasteiger partial charge in [0.05, 0.1) is 18.1 Å². The van der Waals surface area contributed by atoms with Crippen LogP contribution >= 0.6 is 0 Å². The molecule has 1 fully saturated rings. The lowest BCUT2D eigenvalue weighted by Crippen LogP contribution is -2.43. The number of hydrogen-bond acceptors (Lipinski definition) is 4. The molecule has 1 aromatic carbocycles. The summed E-state index contributed by atoms with van der Waals surface area (Å²) >= 11 is 0. The van der Waals surface area contributed by atoms with Gasteiger partial charge >= 0.3 is 0 Å². The number of rotatable bonds is 5. The molecule has 1 heterocycles. The molecule has 124 valence electrons. The Balaban J connectivity index is 1.80. The molecular formula is C16H20N2O4S. The molecule has 1 saturated heterocycles. The molecule has 7 heteroatoms. The molecule has 6 nitrogen and oxygen atoms in total. The molecular weight excluding hydrogens is 316 g/mol. The zero-order valence-corrected chi connectivity index (χ0v) is 13.8. The third-order valence-electron chi connectivity index (χ3n) is 3.79. The van der Waals surface area contributed by atoms with Gasteiger partial charge in [-0.3, -0.25) is 9.59 Å². The molecule has 0 aromatic heterocycles. The highest BCUT2D eigenvalue weighted by molar-refractivity contribution is 7.91. The molecule has 1 aliphatic heterocycles. The van der Waals surface area contributed by atoms with Gasteiger partial charge < -0.3 is 10.2 Å². The lowest BCUT2D eigenvalue weighted by Gasteiger charge is -2.23. The van der Waals surface area contributed by atoms with E-state index < -0.39 is 9.84 Å². The molecule has 2 rings (SSSR count). The van der Waals surface area contributed by atoms with Crippen LogP contribution in [0.2, 0.25) is 0 Å². The van der Waals surface area contributed by atoms with Crippen molar-refractivity contribution in [3.63, 3.8) is 0 Å². The third-order valence-corrected chi connectivity index (χ3v) is 5.54. The Bertz CT molecular complexity index is 698. The van der Waals surface area contributed by atoms with E-state index in [9.17, 15) is 18.0 Å². The Labute approximate surface area is 136 Å². The second-order valence-electron chi connectivity index (χ2n) is 5.52. The molecule has 0 spiro atoms. The Morgan fingerprint density at radius 2 is 2.00 bits per heavy atom. The van der Waals surface area contributed by atoms with Gasteiger partial charge in [0, 0.05) is 19.2 Å². The van der Waals surface area contributed by atoms with E-state index >= 15 is 0 Å². The SMILES string of the molecule is CN(C(=O)CNC(=O)/C=C/c1ccccc1)C1CCS(=O)(=O)C1. The van der Waals surface area contributed by atoms with Crippen LogP contribution in [0.4, 0.5) is 0 Å². The predicted molar refractivity (Wildman–Crippen MR) is 88.3 cm³/mol. The first kappa shape index (κ1) is 17.2. The Kier molecular flexibility index (Phi) is 5.54. The topological polar surface area (TPSA) is 83.6 Å². The average molecular weight is 336 g/mol. The minimum Gasteiger partial charge on any atom is -0.343 e. The van der Waals surface area contributed by atoms with Gasteiger partial charge in [-0.15, -0.1) is 0 Å². The molecule has 0 saturated carbocycles. The van der Waals surface area contributed by atoms with Gasteiger partial charge in [0.1, 0.15) is 0 Å². The molecule has 1 unspecified atom stereocenters. The Hall–Kier alpha value is -2.15. The van der Waals surface area contributed by atoms with Gasteiger partial charge in [0.2, 0.25) is 11.8 Å². The van der Waals surface area contributed by atoms with Crippen LogP contribution in [0.3, 0.4) is 0 Å². The van der Waals surface area contributed by atoms with E-state index in [1.807, 2.05) is 30.3 Å². The van der Waals surface area contributed by atoms with E-state index in [-0.39, 0.29) is 35.9 Å². The van der Waals surface area contributed by atoms with Crippen molar-refractivity contribution in [3.05, 3.63) is 42.0 Å². The lowest BCUT2D eigenvalue weighted by atomic mass is 10.2. The first-order valence-corrected chi connectivity index (χ1v) is 9.16. The second-order valence-corrected chi connectivity index (χ2v) is 7.75. The summed E-state index contributed by atoms with van der Waals surface area (Å²) in [5.41, 5.74) is 0.891. The van der Waals surface area contributed by atoms with Gasteiger partial charge in [-0.1, -0.05) is 30.3 Å². The summed E-state index contributed by atoms with van der Waals surface area (Å²) in [5, 5.41) is 2.51.